The maximum Gasteiger partial charge on any atom is 0.330 e. The van der Waals surface area contributed by atoms with Gasteiger partial charge >= 0.3 is 12.0 Å². The van der Waals surface area contributed by atoms with E-state index in [0.717, 1.165) is 18.4 Å². The number of carbonyl (C=O) groups is 2. The molecule has 0 aromatic heterocycles. The van der Waals surface area contributed by atoms with Gasteiger partial charge in [0.2, 0.25) is 0 Å². The van der Waals surface area contributed by atoms with Crippen LogP contribution in [0.25, 0.3) is 6.08 Å². The largest absolute Gasteiger partial charge is 0.463 e. The van der Waals surface area contributed by atoms with Crippen LogP contribution in [-0.4, -0.2) is 35.7 Å². The van der Waals surface area contributed by atoms with Crippen molar-refractivity contribution in [3.8, 4) is 0 Å². The molecule has 1 aromatic rings. The number of rotatable bonds is 5. The van der Waals surface area contributed by atoms with E-state index in [0.29, 0.717) is 12.3 Å². The zero-order chi connectivity index (χ0) is 20.1. The minimum absolute atomic E-state index is 0.0212. The zero-order valence-corrected chi connectivity index (χ0v) is 16.9. The van der Waals surface area contributed by atoms with Crippen molar-refractivity contribution in [2.45, 2.75) is 64.6 Å². The summed E-state index contributed by atoms with van der Waals surface area (Å²) in [5.41, 5.74) is 1.52. The van der Waals surface area contributed by atoms with Crippen molar-refractivity contribution < 1.29 is 14.3 Å². The standard InChI is InChI=1S/C21H31N3O3/c1-6-27-18(25)12-9-15-7-10-16(11-8-15)22-19(26)23-17-13-20(2,3)24-21(4,5)14-17/h7-12,17,24H,6,13-14H2,1-5H3,(H2,22,23,26). The fraction of sp³-hybridized carbons (Fsp3) is 0.524. The van der Waals surface area contributed by atoms with Crippen LogP contribution in [-0.2, 0) is 9.53 Å². The van der Waals surface area contributed by atoms with E-state index in [-0.39, 0.29) is 29.1 Å². The van der Waals surface area contributed by atoms with Gasteiger partial charge in [-0.05, 0) is 71.2 Å². The average Bonchev–Trinajstić information content (AvgIpc) is 2.51. The van der Waals surface area contributed by atoms with Crippen molar-refractivity contribution in [3.05, 3.63) is 35.9 Å². The lowest BCUT2D eigenvalue weighted by molar-refractivity contribution is -0.137. The third-order valence-corrected chi connectivity index (χ3v) is 4.39. The van der Waals surface area contributed by atoms with Crippen LogP contribution in [0.2, 0.25) is 0 Å². The van der Waals surface area contributed by atoms with E-state index < -0.39 is 0 Å². The summed E-state index contributed by atoms with van der Waals surface area (Å²) in [4.78, 5) is 23.7. The molecule has 148 valence electrons. The summed E-state index contributed by atoms with van der Waals surface area (Å²) >= 11 is 0. The summed E-state index contributed by atoms with van der Waals surface area (Å²) in [5, 5.41) is 9.56. The topological polar surface area (TPSA) is 79.5 Å². The van der Waals surface area contributed by atoms with Crippen LogP contribution in [0.5, 0.6) is 0 Å². The molecule has 0 bridgehead atoms. The first kappa shape index (κ1) is 21.0. The van der Waals surface area contributed by atoms with E-state index in [1.807, 2.05) is 12.1 Å². The highest BCUT2D eigenvalue weighted by Crippen LogP contribution is 2.28. The normalized spacial score (nSPS) is 18.9. The van der Waals surface area contributed by atoms with Gasteiger partial charge < -0.3 is 20.7 Å². The second-order valence-electron chi connectivity index (χ2n) is 8.30. The van der Waals surface area contributed by atoms with Crippen LogP contribution in [0.15, 0.2) is 30.3 Å². The number of ether oxygens (including phenoxy) is 1. The monoisotopic (exact) mass is 373 g/mol. The highest BCUT2D eigenvalue weighted by atomic mass is 16.5. The van der Waals surface area contributed by atoms with Gasteiger partial charge in [0.05, 0.1) is 6.61 Å². The molecule has 2 amide bonds. The van der Waals surface area contributed by atoms with Gasteiger partial charge in [-0.15, -0.1) is 0 Å². The Hall–Kier alpha value is -2.34. The van der Waals surface area contributed by atoms with Gasteiger partial charge in [0, 0.05) is 28.9 Å². The van der Waals surface area contributed by atoms with Gasteiger partial charge in [0.15, 0.2) is 0 Å². The molecule has 3 N–H and O–H groups in total. The smallest absolute Gasteiger partial charge is 0.330 e. The molecular formula is C21H31N3O3. The Morgan fingerprint density at radius 1 is 1.15 bits per heavy atom. The number of esters is 1. The highest BCUT2D eigenvalue weighted by molar-refractivity contribution is 5.90. The van der Waals surface area contributed by atoms with E-state index in [2.05, 4.69) is 43.6 Å². The van der Waals surface area contributed by atoms with Crippen LogP contribution in [0.1, 0.15) is 53.0 Å². The molecule has 6 nitrogen and oxygen atoms in total. The van der Waals surface area contributed by atoms with Crippen molar-refractivity contribution >= 4 is 23.8 Å². The van der Waals surface area contributed by atoms with Crippen LogP contribution in [0.3, 0.4) is 0 Å². The third-order valence-electron chi connectivity index (χ3n) is 4.39. The summed E-state index contributed by atoms with van der Waals surface area (Å²) in [5.74, 6) is -0.369. The molecule has 1 aromatic carbocycles. The van der Waals surface area contributed by atoms with Crippen LogP contribution in [0.4, 0.5) is 10.5 Å². The van der Waals surface area contributed by atoms with E-state index in [1.165, 1.54) is 6.08 Å². The SMILES string of the molecule is CCOC(=O)C=Cc1ccc(NC(=O)NC2CC(C)(C)NC(C)(C)C2)cc1. The summed E-state index contributed by atoms with van der Waals surface area (Å²) in [6.45, 7) is 10.7. The van der Waals surface area contributed by atoms with Crippen molar-refractivity contribution in [1.29, 1.82) is 0 Å². The first-order valence-corrected chi connectivity index (χ1v) is 9.40. The first-order chi connectivity index (χ1) is 12.6. The lowest BCUT2D eigenvalue weighted by atomic mass is 9.80. The summed E-state index contributed by atoms with van der Waals surface area (Å²) < 4.78 is 4.85. The van der Waals surface area contributed by atoms with Crippen LogP contribution < -0.4 is 16.0 Å². The lowest BCUT2D eigenvalue weighted by Gasteiger charge is -2.46. The van der Waals surface area contributed by atoms with E-state index in [4.69, 9.17) is 4.74 Å². The molecule has 27 heavy (non-hydrogen) atoms. The fourth-order valence-corrected chi connectivity index (χ4v) is 3.81. The summed E-state index contributed by atoms with van der Waals surface area (Å²) in [6, 6.07) is 7.19. The van der Waals surface area contributed by atoms with Gasteiger partial charge in [-0.3, -0.25) is 0 Å². The van der Waals surface area contributed by atoms with Gasteiger partial charge in [-0.25, -0.2) is 9.59 Å². The zero-order valence-electron chi connectivity index (χ0n) is 16.9. The Morgan fingerprint density at radius 2 is 1.74 bits per heavy atom. The number of amides is 2. The molecule has 6 heteroatoms. The molecule has 0 unspecified atom stereocenters. The quantitative estimate of drug-likeness (QED) is 0.543. The van der Waals surface area contributed by atoms with Crippen molar-refractivity contribution in [2.75, 3.05) is 11.9 Å². The van der Waals surface area contributed by atoms with Gasteiger partial charge in [0.1, 0.15) is 0 Å². The number of carbonyl (C=O) groups excluding carboxylic acids is 2. The fourth-order valence-electron chi connectivity index (χ4n) is 3.81. The molecule has 0 aliphatic carbocycles. The Labute approximate surface area is 161 Å². The van der Waals surface area contributed by atoms with Crippen molar-refractivity contribution in [1.82, 2.24) is 10.6 Å². The molecule has 1 aliphatic rings. The first-order valence-electron chi connectivity index (χ1n) is 9.40. The molecule has 0 atom stereocenters. The summed E-state index contributed by atoms with van der Waals surface area (Å²) in [6.07, 6.45) is 4.82. The Balaban J connectivity index is 1.89. The Morgan fingerprint density at radius 3 is 2.30 bits per heavy atom. The lowest BCUT2D eigenvalue weighted by Crippen LogP contribution is -2.62. The third kappa shape index (κ3) is 7.06. The van der Waals surface area contributed by atoms with Crippen molar-refractivity contribution in [2.24, 2.45) is 0 Å². The maximum absolute atomic E-state index is 12.4. The van der Waals surface area contributed by atoms with E-state index in [1.54, 1.807) is 25.1 Å². The second-order valence-corrected chi connectivity index (χ2v) is 8.30. The van der Waals surface area contributed by atoms with Gasteiger partial charge in [0.25, 0.3) is 0 Å². The maximum atomic E-state index is 12.4. The molecule has 1 saturated heterocycles. The minimum Gasteiger partial charge on any atom is -0.463 e. The van der Waals surface area contributed by atoms with E-state index in [9.17, 15) is 9.59 Å². The number of hydrogen-bond donors (Lipinski definition) is 3. The minimum atomic E-state index is -0.369. The molecule has 1 heterocycles. The average molecular weight is 373 g/mol. The van der Waals surface area contributed by atoms with Crippen LogP contribution >= 0.6 is 0 Å². The molecule has 0 spiro atoms. The second kappa shape index (κ2) is 8.57. The number of anilines is 1. The Bertz CT molecular complexity index is 677. The van der Waals surface area contributed by atoms with E-state index >= 15 is 0 Å². The predicted molar refractivity (Wildman–Crippen MR) is 109 cm³/mol. The van der Waals surface area contributed by atoms with Gasteiger partial charge in [-0.1, -0.05) is 12.1 Å². The predicted octanol–water partition coefficient (Wildman–Crippen LogP) is 3.69. The summed E-state index contributed by atoms with van der Waals surface area (Å²) in [7, 11) is 0. The number of urea groups is 1. The number of benzene rings is 1. The number of nitrogens with one attached hydrogen (secondary N) is 3. The number of hydrogen-bond acceptors (Lipinski definition) is 4. The Kier molecular flexibility index (Phi) is 6.65. The molecule has 1 fully saturated rings. The molecule has 2 rings (SSSR count). The molecule has 0 radical (unpaired) electrons. The molecule has 1 aliphatic heterocycles. The van der Waals surface area contributed by atoms with Crippen LogP contribution in [0, 0.1) is 0 Å². The van der Waals surface area contributed by atoms with Crippen molar-refractivity contribution in [3.63, 3.8) is 0 Å². The van der Waals surface area contributed by atoms with Gasteiger partial charge in [-0.2, -0.15) is 0 Å². The molecular weight excluding hydrogens is 342 g/mol. The highest BCUT2D eigenvalue weighted by Gasteiger charge is 2.38. The molecule has 0 saturated carbocycles. The number of piperidine rings is 1.